The summed E-state index contributed by atoms with van der Waals surface area (Å²) in [5.41, 5.74) is 11.7. The van der Waals surface area contributed by atoms with Gasteiger partial charge in [-0.1, -0.05) is 23.7 Å². The van der Waals surface area contributed by atoms with Crippen LogP contribution in [-0.2, 0) is 6.61 Å². The Kier molecular flexibility index (Phi) is 5.32. The molecule has 0 unspecified atom stereocenters. The van der Waals surface area contributed by atoms with Crippen molar-refractivity contribution in [3.63, 3.8) is 0 Å². The monoisotopic (exact) mass is 320 g/mol. The van der Waals surface area contributed by atoms with Crippen LogP contribution in [0.1, 0.15) is 11.1 Å². The molecule has 0 saturated carbocycles. The molecule has 2 aromatic carbocycles. The van der Waals surface area contributed by atoms with E-state index >= 15 is 0 Å². The van der Waals surface area contributed by atoms with E-state index in [1.165, 1.54) is 24.4 Å². The molecule has 2 aromatic rings. The molecule has 0 amide bonds. The molecule has 0 atom stereocenters. The quantitative estimate of drug-likeness (QED) is 0.504. The van der Waals surface area contributed by atoms with Gasteiger partial charge in [0.25, 0.3) is 0 Å². The molecule has 0 bridgehead atoms. The third-order valence-electron chi connectivity index (χ3n) is 2.65. The van der Waals surface area contributed by atoms with E-state index in [1.54, 1.807) is 12.1 Å². The van der Waals surface area contributed by atoms with Gasteiger partial charge < -0.3 is 16.2 Å². The number of nitrogens with zero attached hydrogens (tertiary/aromatic N) is 2. The molecular formula is C15H14ClFN4O. The maximum atomic E-state index is 13.3. The first-order valence-corrected chi connectivity index (χ1v) is 6.71. The van der Waals surface area contributed by atoms with E-state index in [2.05, 4.69) is 10.2 Å². The van der Waals surface area contributed by atoms with Gasteiger partial charge in [0, 0.05) is 10.6 Å². The van der Waals surface area contributed by atoms with Crippen molar-refractivity contribution < 1.29 is 9.13 Å². The van der Waals surface area contributed by atoms with E-state index in [4.69, 9.17) is 27.8 Å². The third kappa shape index (κ3) is 4.75. The van der Waals surface area contributed by atoms with Crippen molar-refractivity contribution in [3.8, 4) is 5.75 Å². The Balaban J connectivity index is 2.14. The number of benzene rings is 2. The van der Waals surface area contributed by atoms with Crippen LogP contribution in [0.4, 0.5) is 4.39 Å². The standard InChI is InChI=1S/C15H14ClFN4O/c16-12-3-1-10(2-4-12)9-22-14-6-5-13(17)7-11(14)8-20-21-15(18)19/h1-8H,9H2,(H4,18,19,21)/b20-8+. The number of nitrogens with two attached hydrogens (primary N) is 2. The molecule has 0 heterocycles. The molecule has 114 valence electrons. The van der Waals surface area contributed by atoms with E-state index in [0.717, 1.165) is 5.56 Å². The molecule has 22 heavy (non-hydrogen) atoms. The first-order chi connectivity index (χ1) is 10.5. The fraction of sp³-hybridized carbons (Fsp3) is 0.0667. The van der Waals surface area contributed by atoms with E-state index < -0.39 is 5.82 Å². The Labute approximate surface area is 132 Å². The Morgan fingerprint density at radius 1 is 1.18 bits per heavy atom. The zero-order chi connectivity index (χ0) is 15.9. The van der Waals surface area contributed by atoms with Crippen molar-refractivity contribution in [2.45, 2.75) is 6.61 Å². The number of halogens is 2. The summed E-state index contributed by atoms with van der Waals surface area (Å²) in [6.45, 7) is 0.311. The molecule has 0 fully saturated rings. The smallest absolute Gasteiger partial charge is 0.211 e. The molecule has 2 rings (SSSR count). The van der Waals surface area contributed by atoms with E-state index in [0.29, 0.717) is 22.9 Å². The van der Waals surface area contributed by atoms with Gasteiger partial charge in [0.2, 0.25) is 5.96 Å². The summed E-state index contributed by atoms with van der Waals surface area (Å²) in [4.78, 5) is 0. The van der Waals surface area contributed by atoms with Crippen molar-refractivity contribution in [2.24, 2.45) is 21.7 Å². The summed E-state index contributed by atoms with van der Waals surface area (Å²) in [5, 5.41) is 7.77. The van der Waals surface area contributed by atoms with Gasteiger partial charge in [-0.25, -0.2) is 4.39 Å². The van der Waals surface area contributed by atoms with E-state index in [9.17, 15) is 4.39 Å². The maximum Gasteiger partial charge on any atom is 0.211 e. The summed E-state index contributed by atoms with van der Waals surface area (Å²) in [6, 6.07) is 11.3. The molecule has 0 saturated heterocycles. The number of rotatable bonds is 5. The maximum absolute atomic E-state index is 13.3. The van der Waals surface area contributed by atoms with Crippen LogP contribution in [0.5, 0.6) is 5.75 Å². The van der Waals surface area contributed by atoms with E-state index in [1.807, 2.05) is 12.1 Å². The molecule has 7 heteroatoms. The normalized spacial score (nSPS) is 10.6. The topological polar surface area (TPSA) is 86.0 Å². The number of hydrogen-bond donors (Lipinski definition) is 2. The lowest BCUT2D eigenvalue weighted by molar-refractivity contribution is 0.305. The highest BCUT2D eigenvalue weighted by Crippen LogP contribution is 2.20. The van der Waals surface area contributed by atoms with Gasteiger partial charge in [-0.3, -0.25) is 0 Å². The molecule has 0 radical (unpaired) electrons. The molecule has 5 nitrogen and oxygen atoms in total. The average molecular weight is 321 g/mol. The van der Waals surface area contributed by atoms with Gasteiger partial charge in [0.05, 0.1) is 6.21 Å². The summed E-state index contributed by atoms with van der Waals surface area (Å²) >= 11 is 5.82. The first kappa shape index (κ1) is 15.8. The number of guanidine groups is 1. The van der Waals surface area contributed by atoms with Crippen LogP contribution in [0.3, 0.4) is 0 Å². The Morgan fingerprint density at radius 3 is 2.59 bits per heavy atom. The molecule has 0 aliphatic heterocycles. The van der Waals surface area contributed by atoms with Crippen LogP contribution in [0.15, 0.2) is 52.7 Å². The zero-order valence-corrected chi connectivity index (χ0v) is 12.3. The second kappa shape index (κ2) is 7.42. The van der Waals surface area contributed by atoms with Crippen molar-refractivity contribution >= 4 is 23.8 Å². The Hall–Kier alpha value is -2.60. The minimum absolute atomic E-state index is 0.184. The fourth-order valence-electron chi connectivity index (χ4n) is 1.65. The average Bonchev–Trinajstić information content (AvgIpc) is 2.48. The zero-order valence-electron chi connectivity index (χ0n) is 11.5. The van der Waals surface area contributed by atoms with Gasteiger partial charge in [-0.15, -0.1) is 5.10 Å². The minimum atomic E-state index is -0.412. The van der Waals surface area contributed by atoms with Gasteiger partial charge in [0.1, 0.15) is 18.2 Å². The van der Waals surface area contributed by atoms with Crippen LogP contribution in [-0.4, -0.2) is 12.2 Å². The predicted molar refractivity (Wildman–Crippen MR) is 85.6 cm³/mol. The van der Waals surface area contributed by atoms with Gasteiger partial charge in [-0.05, 0) is 35.9 Å². The van der Waals surface area contributed by atoms with Crippen LogP contribution < -0.4 is 16.2 Å². The van der Waals surface area contributed by atoms with Gasteiger partial charge in [0.15, 0.2) is 0 Å². The van der Waals surface area contributed by atoms with Gasteiger partial charge in [-0.2, -0.15) is 5.10 Å². The van der Waals surface area contributed by atoms with Crippen LogP contribution in [0, 0.1) is 5.82 Å². The molecular weight excluding hydrogens is 307 g/mol. The van der Waals surface area contributed by atoms with E-state index in [-0.39, 0.29) is 5.96 Å². The lowest BCUT2D eigenvalue weighted by atomic mass is 10.2. The van der Waals surface area contributed by atoms with Crippen molar-refractivity contribution in [3.05, 3.63) is 64.4 Å². The van der Waals surface area contributed by atoms with Crippen molar-refractivity contribution in [1.29, 1.82) is 0 Å². The summed E-state index contributed by atoms with van der Waals surface area (Å²) in [7, 11) is 0. The van der Waals surface area contributed by atoms with Gasteiger partial charge >= 0.3 is 0 Å². The summed E-state index contributed by atoms with van der Waals surface area (Å²) < 4.78 is 19.0. The molecule has 0 aliphatic carbocycles. The Morgan fingerprint density at radius 2 is 1.91 bits per heavy atom. The second-order valence-electron chi connectivity index (χ2n) is 4.37. The second-order valence-corrected chi connectivity index (χ2v) is 4.80. The van der Waals surface area contributed by atoms with Crippen LogP contribution in [0.25, 0.3) is 0 Å². The molecule has 0 spiro atoms. The lowest BCUT2D eigenvalue weighted by Gasteiger charge is -2.09. The fourth-order valence-corrected chi connectivity index (χ4v) is 1.78. The SMILES string of the molecule is NC(N)=N/N=C/c1cc(F)ccc1OCc1ccc(Cl)cc1. The third-order valence-corrected chi connectivity index (χ3v) is 2.90. The lowest BCUT2D eigenvalue weighted by Crippen LogP contribution is -2.21. The number of hydrogen-bond acceptors (Lipinski definition) is 3. The predicted octanol–water partition coefficient (Wildman–Crippen LogP) is 2.67. The summed E-state index contributed by atoms with van der Waals surface area (Å²) in [6.07, 6.45) is 1.32. The van der Waals surface area contributed by atoms with Crippen molar-refractivity contribution in [2.75, 3.05) is 0 Å². The molecule has 4 N–H and O–H groups in total. The Bertz CT molecular complexity index is 697. The highest BCUT2D eigenvalue weighted by molar-refractivity contribution is 6.30. The van der Waals surface area contributed by atoms with Crippen LogP contribution in [0.2, 0.25) is 5.02 Å². The first-order valence-electron chi connectivity index (χ1n) is 6.33. The van der Waals surface area contributed by atoms with Crippen LogP contribution >= 0.6 is 11.6 Å². The molecule has 0 aromatic heterocycles. The summed E-state index contributed by atoms with van der Waals surface area (Å²) in [5.74, 6) is -0.132. The van der Waals surface area contributed by atoms with Crippen molar-refractivity contribution in [1.82, 2.24) is 0 Å². The highest BCUT2D eigenvalue weighted by atomic mass is 35.5. The highest BCUT2D eigenvalue weighted by Gasteiger charge is 2.04. The molecule has 0 aliphatic rings. The largest absolute Gasteiger partial charge is 0.488 e. The minimum Gasteiger partial charge on any atom is -0.488 e. The number of ether oxygens (including phenoxy) is 1.